The van der Waals surface area contributed by atoms with Gasteiger partial charge in [-0.3, -0.25) is 4.40 Å². The lowest BCUT2D eigenvalue weighted by atomic mass is 10.1. The fraction of sp³-hybridized carbons (Fsp3) is 0.0667. The average molecular weight is 355 g/mol. The molecule has 2 N–H and O–H groups in total. The maximum absolute atomic E-state index is 12.1. The Kier molecular flexibility index (Phi) is 4.06. The first-order valence-electron chi connectivity index (χ1n) is 6.71. The third-order valence-electron chi connectivity index (χ3n) is 3.15. The van der Waals surface area contributed by atoms with Gasteiger partial charge in [0.15, 0.2) is 0 Å². The molecule has 24 heavy (non-hydrogen) atoms. The predicted molar refractivity (Wildman–Crippen MR) is 83.8 cm³/mol. The van der Waals surface area contributed by atoms with Gasteiger partial charge >= 0.3 is 12.3 Å². The highest BCUT2D eigenvalue weighted by Crippen LogP contribution is 2.25. The van der Waals surface area contributed by atoms with Gasteiger partial charge in [0, 0.05) is 28.5 Å². The third-order valence-corrected chi connectivity index (χ3v) is 3.38. The number of amides is 2. The molecule has 0 radical (unpaired) electrons. The van der Waals surface area contributed by atoms with Crippen LogP contribution < -0.4 is 10.6 Å². The molecule has 5 nitrogen and oxygen atoms in total. The number of rotatable bonds is 2. The number of hydrogen-bond acceptors (Lipinski definition) is 2. The van der Waals surface area contributed by atoms with Crippen LogP contribution in [0.4, 0.5) is 23.7 Å². The SMILES string of the molecule is O=C(Nc1cccc(-c2cnc3cc(Cl)ccn23)c1)NC(F)(F)F. The topological polar surface area (TPSA) is 58.4 Å². The number of pyridine rings is 1. The lowest BCUT2D eigenvalue weighted by molar-refractivity contribution is -0.144. The number of urea groups is 1. The van der Waals surface area contributed by atoms with Crippen LogP contribution in [0.1, 0.15) is 0 Å². The zero-order valence-corrected chi connectivity index (χ0v) is 12.7. The van der Waals surface area contributed by atoms with Crippen LogP contribution in [0, 0.1) is 0 Å². The summed E-state index contributed by atoms with van der Waals surface area (Å²) in [7, 11) is 0. The van der Waals surface area contributed by atoms with Crippen LogP contribution >= 0.6 is 11.6 Å². The van der Waals surface area contributed by atoms with Crippen molar-refractivity contribution < 1.29 is 18.0 Å². The number of nitrogens with one attached hydrogen (secondary N) is 2. The lowest BCUT2D eigenvalue weighted by Gasteiger charge is -2.11. The van der Waals surface area contributed by atoms with Crippen molar-refractivity contribution in [1.82, 2.24) is 14.7 Å². The lowest BCUT2D eigenvalue weighted by Crippen LogP contribution is -2.40. The van der Waals surface area contributed by atoms with E-state index in [2.05, 4.69) is 10.3 Å². The fourth-order valence-electron chi connectivity index (χ4n) is 2.22. The van der Waals surface area contributed by atoms with Crippen LogP contribution in [0.15, 0.2) is 48.8 Å². The van der Waals surface area contributed by atoms with E-state index in [9.17, 15) is 18.0 Å². The number of hydrogen-bond donors (Lipinski definition) is 2. The van der Waals surface area contributed by atoms with Gasteiger partial charge in [0.05, 0.1) is 11.9 Å². The number of carbonyl (C=O) groups excluding carboxylic acids is 1. The summed E-state index contributed by atoms with van der Waals surface area (Å²) in [4.78, 5) is 15.5. The van der Waals surface area contributed by atoms with E-state index in [0.29, 0.717) is 21.9 Å². The zero-order valence-electron chi connectivity index (χ0n) is 11.9. The number of aromatic nitrogens is 2. The van der Waals surface area contributed by atoms with Crippen molar-refractivity contribution in [3.8, 4) is 11.3 Å². The Morgan fingerprint density at radius 3 is 2.75 bits per heavy atom. The molecule has 0 unspecified atom stereocenters. The molecule has 9 heteroatoms. The Labute approximate surface area is 139 Å². The molecule has 0 fully saturated rings. The third kappa shape index (κ3) is 3.60. The minimum Gasteiger partial charge on any atom is -0.308 e. The maximum Gasteiger partial charge on any atom is 0.485 e. The summed E-state index contributed by atoms with van der Waals surface area (Å²) < 4.78 is 38.2. The van der Waals surface area contributed by atoms with Gasteiger partial charge in [0.25, 0.3) is 0 Å². The minimum atomic E-state index is -4.79. The number of carbonyl (C=O) groups is 1. The van der Waals surface area contributed by atoms with E-state index in [1.165, 1.54) is 6.07 Å². The van der Waals surface area contributed by atoms with Crippen molar-refractivity contribution in [3.05, 3.63) is 53.8 Å². The number of nitrogens with zero attached hydrogens (tertiary/aromatic N) is 2. The first-order valence-corrected chi connectivity index (χ1v) is 7.08. The van der Waals surface area contributed by atoms with E-state index in [-0.39, 0.29) is 5.69 Å². The molecule has 0 spiro atoms. The van der Waals surface area contributed by atoms with Gasteiger partial charge in [-0.15, -0.1) is 0 Å². The first kappa shape index (κ1) is 16.1. The van der Waals surface area contributed by atoms with Gasteiger partial charge in [-0.05, 0) is 18.2 Å². The molecule has 0 aliphatic heterocycles. The molecule has 1 aromatic carbocycles. The van der Waals surface area contributed by atoms with Crippen molar-refractivity contribution in [2.45, 2.75) is 6.30 Å². The summed E-state index contributed by atoms with van der Waals surface area (Å²) >= 11 is 5.91. The minimum absolute atomic E-state index is 0.221. The number of halogens is 4. The van der Waals surface area contributed by atoms with Gasteiger partial charge in [0.1, 0.15) is 5.65 Å². The summed E-state index contributed by atoms with van der Waals surface area (Å²) in [6.07, 6.45) is -1.44. The van der Waals surface area contributed by atoms with Gasteiger partial charge in [-0.1, -0.05) is 23.7 Å². The van der Waals surface area contributed by atoms with E-state index in [1.54, 1.807) is 47.1 Å². The largest absolute Gasteiger partial charge is 0.485 e. The molecule has 2 amide bonds. The average Bonchev–Trinajstić information content (AvgIpc) is 2.88. The van der Waals surface area contributed by atoms with Crippen molar-refractivity contribution in [3.63, 3.8) is 0 Å². The summed E-state index contributed by atoms with van der Waals surface area (Å²) in [6, 6.07) is 8.43. The van der Waals surface area contributed by atoms with Crippen molar-refractivity contribution in [2.75, 3.05) is 5.32 Å². The summed E-state index contributed by atoms with van der Waals surface area (Å²) in [6.45, 7) is 0. The standard InChI is InChI=1S/C15H10ClF3N4O/c16-10-4-5-23-12(8-20-13(23)7-10)9-2-1-3-11(6-9)21-14(24)22-15(17,18)19/h1-8H,(H2,21,22,24). The Hall–Kier alpha value is -2.74. The molecular formula is C15H10ClF3N4O. The first-order chi connectivity index (χ1) is 11.3. The number of alkyl halides is 3. The Morgan fingerprint density at radius 2 is 2.00 bits per heavy atom. The van der Waals surface area contributed by atoms with E-state index in [1.807, 2.05) is 0 Å². The van der Waals surface area contributed by atoms with E-state index < -0.39 is 12.3 Å². The van der Waals surface area contributed by atoms with Crippen LogP contribution in [0.25, 0.3) is 16.9 Å². The number of imidazole rings is 1. The molecule has 0 aliphatic rings. The second kappa shape index (κ2) is 6.04. The molecule has 0 atom stereocenters. The molecule has 3 aromatic rings. The number of benzene rings is 1. The van der Waals surface area contributed by atoms with E-state index in [0.717, 1.165) is 5.32 Å². The fourth-order valence-corrected chi connectivity index (χ4v) is 2.37. The molecule has 2 aromatic heterocycles. The Morgan fingerprint density at radius 1 is 1.21 bits per heavy atom. The highest BCUT2D eigenvalue weighted by atomic mass is 35.5. The monoisotopic (exact) mass is 354 g/mol. The van der Waals surface area contributed by atoms with Crippen LogP contribution in [0.2, 0.25) is 5.02 Å². The van der Waals surface area contributed by atoms with Gasteiger partial charge < -0.3 is 5.32 Å². The van der Waals surface area contributed by atoms with Crippen molar-refractivity contribution >= 4 is 29.0 Å². The van der Waals surface area contributed by atoms with Crippen LogP contribution in [-0.4, -0.2) is 21.7 Å². The Bertz CT molecular complexity index is 907. The number of fused-ring (bicyclic) bond motifs is 1. The predicted octanol–water partition coefficient (Wildman–Crippen LogP) is 4.30. The second-order valence-electron chi connectivity index (χ2n) is 4.87. The van der Waals surface area contributed by atoms with Crippen LogP contribution in [0.3, 0.4) is 0 Å². The van der Waals surface area contributed by atoms with E-state index in [4.69, 9.17) is 11.6 Å². The van der Waals surface area contributed by atoms with Crippen LogP contribution in [0.5, 0.6) is 0 Å². The molecule has 2 heterocycles. The van der Waals surface area contributed by atoms with Crippen molar-refractivity contribution in [2.24, 2.45) is 0 Å². The second-order valence-corrected chi connectivity index (χ2v) is 5.31. The van der Waals surface area contributed by atoms with E-state index >= 15 is 0 Å². The normalized spacial score (nSPS) is 11.5. The highest BCUT2D eigenvalue weighted by molar-refractivity contribution is 6.30. The molecular weight excluding hydrogens is 345 g/mol. The summed E-state index contributed by atoms with van der Waals surface area (Å²) in [5.41, 5.74) is 2.24. The molecule has 124 valence electrons. The van der Waals surface area contributed by atoms with Gasteiger partial charge in [-0.2, -0.15) is 13.2 Å². The maximum atomic E-state index is 12.1. The Balaban J connectivity index is 1.88. The molecule has 0 saturated carbocycles. The summed E-state index contributed by atoms with van der Waals surface area (Å²) in [5, 5.41) is 3.55. The molecule has 0 aliphatic carbocycles. The quantitative estimate of drug-likeness (QED) is 0.674. The van der Waals surface area contributed by atoms with Gasteiger partial charge in [-0.25, -0.2) is 15.1 Å². The van der Waals surface area contributed by atoms with Gasteiger partial charge in [0.2, 0.25) is 0 Å². The van der Waals surface area contributed by atoms with Crippen molar-refractivity contribution in [1.29, 1.82) is 0 Å². The highest BCUT2D eigenvalue weighted by Gasteiger charge is 2.30. The molecule has 0 saturated heterocycles. The zero-order chi connectivity index (χ0) is 17.3. The summed E-state index contributed by atoms with van der Waals surface area (Å²) in [5.74, 6) is 0. The number of anilines is 1. The molecule has 3 rings (SSSR count). The van der Waals surface area contributed by atoms with Crippen LogP contribution in [-0.2, 0) is 0 Å². The smallest absolute Gasteiger partial charge is 0.308 e. The molecule has 0 bridgehead atoms.